The Kier molecular flexibility index (Phi) is 10.3. The Morgan fingerprint density at radius 2 is 1.63 bits per heavy atom. The highest BCUT2D eigenvalue weighted by Gasteiger charge is 2.33. The number of carbonyl (C=O) groups is 2. The Balaban J connectivity index is 1.68. The van der Waals surface area contributed by atoms with Gasteiger partial charge in [0.25, 0.3) is 10.0 Å². The van der Waals surface area contributed by atoms with Gasteiger partial charge in [-0.3, -0.25) is 13.9 Å². The van der Waals surface area contributed by atoms with E-state index in [-0.39, 0.29) is 39.1 Å². The van der Waals surface area contributed by atoms with E-state index in [9.17, 15) is 18.0 Å². The van der Waals surface area contributed by atoms with E-state index in [2.05, 4.69) is 5.32 Å². The van der Waals surface area contributed by atoms with Gasteiger partial charge in [0.05, 0.1) is 20.6 Å². The molecule has 1 fully saturated rings. The maximum absolute atomic E-state index is 14.1. The molecule has 3 aromatic rings. The monoisotopic (exact) mass is 615 g/mol. The van der Waals surface area contributed by atoms with Crippen LogP contribution in [0.25, 0.3) is 0 Å². The van der Waals surface area contributed by atoms with E-state index in [0.29, 0.717) is 0 Å². The molecule has 1 atom stereocenters. The fourth-order valence-corrected chi connectivity index (χ4v) is 6.77. The average Bonchev–Trinajstić information content (AvgIpc) is 2.96. The van der Waals surface area contributed by atoms with Crippen LogP contribution in [0.1, 0.15) is 50.2 Å². The minimum absolute atomic E-state index is 0.0206. The van der Waals surface area contributed by atoms with Crippen molar-refractivity contribution in [2.24, 2.45) is 0 Å². The zero-order chi connectivity index (χ0) is 29.6. The summed E-state index contributed by atoms with van der Waals surface area (Å²) in [5.74, 6) is -0.784. The van der Waals surface area contributed by atoms with Gasteiger partial charge in [-0.2, -0.15) is 0 Å². The van der Waals surface area contributed by atoms with Crippen molar-refractivity contribution in [2.75, 3.05) is 10.8 Å². The lowest BCUT2D eigenvalue weighted by atomic mass is 9.95. The van der Waals surface area contributed by atoms with Gasteiger partial charge in [0.1, 0.15) is 12.6 Å². The Morgan fingerprint density at radius 3 is 2.29 bits per heavy atom. The van der Waals surface area contributed by atoms with Crippen LogP contribution in [0.5, 0.6) is 0 Å². The Morgan fingerprint density at radius 1 is 0.927 bits per heavy atom. The highest BCUT2D eigenvalue weighted by molar-refractivity contribution is 7.92. The molecule has 218 valence electrons. The predicted molar refractivity (Wildman–Crippen MR) is 164 cm³/mol. The fraction of sp³-hybridized carbons (Fsp3) is 0.355. The van der Waals surface area contributed by atoms with Gasteiger partial charge < -0.3 is 10.2 Å². The van der Waals surface area contributed by atoms with Crippen molar-refractivity contribution in [1.29, 1.82) is 0 Å². The fourth-order valence-electron chi connectivity index (χ4n) is 5.05. The van der Waals surface area contributed by atoms with Gasteiger partial charge in [-0.25, -0.2) is 8.42 Å². The first-order valence-electron chi connectivity index (χ1n) is 13.7. The average molecular weight is 617 g/mol. The molecule has 0 spiro atoms. The molecule has 41 heavy (non-hydrogen) atoms. The second-order valence-corrected chi connectivity index (χ2v) is 13.1. The lowest BCUT2D eigenvalue weighted by molar-refractivity contribution is -0.139. The lowest BCUT2D eigenvalue weighted by Gasteiger charge is -2.33. The molecule has 0 radical (unpaired) electrons. The maximum Gasteiger partial charge on any atom is 0.264 e. The Hall–Kier alpha value is -3.07. The molecule has 3 aromatic carbocycles. The quantitative estimate of drug-likeness (QED) is 0.287. The molecule has 0 saturated heterocycles. The van der Waals surface area contributed by atoms with Crippen LogP contribution in [0, 0.1) is 6.92 Å². The molecule has 1 saturated carbocycles. The van der Waals surface area contributed by atoms with Gasteiger partial charge in [-0.05, 0) is 62.6 Å². The number of aryl methyl sites for hydroxylation is 1. The minimum atomic E-state index is -4.18. The van der Waals surface area contributed by atoms with Crippen molar-refractivity contribution in [3.05, 3.63) is 94.0 Å². The van der Waals surface area contributed by atoms with Gasteiger partial charge in [0, 0.05) is 12.6 Å². The summed E-state index contributed by atoms with van der Waals surface area (Å²) in [5, 5.41) is 3.52. The van der Waals surface area contributed by atoms with Crippen LogP contribution in [0.15, 0.2) is 77.7 Å². The number of hydrogen-bond donors (Lipinski definition) is 1. The number of carbonyl (C=O) groups excluding carboxylic acids is 2. The van der Waals surface area contributed by atoms with Crippen LogP contribution in [0.3, 0.4) is 0 Å². The molecule has 0 heterocycles. The highest BCUT2D eigenvalue weighted by Crippen LogP contribution is 2.31. The van der Waals surface area contributed by atoms with E-state index >= 15 is 0 Å². The number of benzene rings is 3. The summed E-state index contributed by atoms with van der Waals surface area (Å²) >= 11 is 12.4. The van der Waals surface area contributed by atoms with Crippen molar-refractivity contribution in [3.63, 3.8) is 0 Å². The normalized spacial score (nSPS) is 14.7. The zero-order valence-electron chi connectivity index (χ0n) is 23.2. The molecule has 7 nitrogen and oxygen atoms in total. The Labute approximate surface area is 252 Å². The number of nitrogens with zero attached hydrogens (tertiary/aromatic N) is 2. The molecule has 1 aliphatic rings. The molecular formula is C31H35Cl2N3O4S. The van der Waals surface area contributed by atoms with Crippen molar-refractivity contribution in [2.45, 2.75) is 69.5 Å². The minimum Gasteiger partial charge on any atom is -0.352 e. The van der Waals surface area contributed by atoms with Crippen LogP contribution in [0.2, 0.25) is 10.0 Å². The number of nitrogens with one attached hydrogen (secondary N) is 1. The zero-order valence-corrected chi connectivity index (χ0v) is 25.6. The third-order valence-electron chi connectivity index (χ3n) is 7.36. The second kappa shape index (κ2) is 13.7. The van der Waals surface area contributed by atoms with Crippen molar-refractivity contribution < 1.29 is 18.0 Å². The smallest absolute Gasteiger partial charge is 0.264 e. The summed E-state index contributed by atoms with van der Waals surface area (Å²) in [6, 6.07) is 19.2. The van der Waals surface area contributed by atoms with Gasteiger partial charge >= 0.3 is 0 Å². The number of hydrogen-bond acceptors (Lipinski definition) is 4. The van der Waals surface area contributed by atoms with Gasteiger partial charge in [-0.1, -0.05) is 90.5 Å². The largest absolute Gasteiger partial charge is 0.352 e. The van der Waals surface area contributed by atoms with E-state index in [1.807, 2.05) is 31.2 Å². The Bertz CT molecular complexity index is 1480. The van der Waals surface area contributed by atoms with Crippen molar-refractivity contribution in [1.82, 2.24) is 10.2 Å². The lowest BCUT2D eigenvalue weighted by Crippen LogP contribution is -2.53. The molecule has 2 amide bonds. The first-order chi connectivity index (χ1) is 19.6. The molecule has 1 aliphatic carbocycles. The van der Waals surface area contributed by atoms with Crippen LogP contribution in [0.4, 0.5) is 5.69 Å². The summed E-state index contributed by atoms with van der Waals surface area (Å²) in [7, 11) is -4.18. The van der Waals surface area contributed by atoms with E-state index in [0.717, 1.165) is 47.5 Å². The van der Waals surface area contributed by atoms with Crippen LogP contribution in [-0.4, -0.2) is 43.8 Å². The second-order valence-electron chi connectivity index (χ2n) is 10.5. The predicted octanol–water partition coefficient (Wildman–Crippen LogP) is 6.36. The first kappa shape index (κ1) is 30.9. The van der Waals surface area contributed by atoms with E-state index in [4.69, 9.17) is 23.2 Å². The summed E-state index contributed by atoms with van der Waals surface area (Å²) in [6.45, 7) is 3.23. The highest BCUT2D eigenvalue weighted by atomic mass is 35.5. The third kappa shape index (κ3) is 7.82. The maximum atomic E-state index is 14.1. The molecule has 0 unspecified atom stereocenters. The van der Waals surface area contributed by atoms with Gasteiger partial charge in [-0.15, -0.1) is 0 Å². The SMILES string of the molecule is Cc1cccc(CN(C(=O)CN(c2ccc(Cl)c(Cl)c2)S(=O)(=O)c2ccccc2)[C@@H](C)C(=O)NC2CCCCC2)c1. The standard InChI is InChI=1S/C31H35Cl2N3O4S/c1-22-10-9-11-24(18-22)20-35(23(2)31(38)34-25-12-5-3-6-13-25)30(37)21-36(26-16-17-28(32)29(33)19-26)41(39,40)27-14-7-4-8-15-27/h4,7-11,14-19,23,25H,3,5-6,12-13,20-21H2,1-2H3,(H,34,38)/t23-/m0/s1. The number of amides is 2. The van der Waals surface area contributed by atoms with E-state index in [1.165, 1.54) is 35.2 Å². The number of rotatable bonds is 10. The summed E-state index contributed by atoms with van der Waals surface area (Å²) in [6.07, 6.45) is 5.08. The van der Waals surface area contributed by atoms with Gasteiger partial charge in [0.2, 0.25) is 11.8 Å². The first-order valence-corrected chi connectivity index (χ1v) is 15.9. The van der Waals surface area contributed by atoms with E-state index < -0.39 is 28.5 Å². The molecule has 0 aromatic heterocycles. The summed E-state index contributed by atoms with van der Waals surface area (Å²) in [4.78, 5) is 28.9. The van der Waals surface area contributed by atoms with Crippen molar-refractivity contribution >= 4 is 50.7 Å². The van der Waals surface area contributed by atoms with Gasteiger partial charge in [0.15, 0.2) is 0 Å². The summed E-state index contributed by atoms with van der Waals surface area (Å²) in [5.41, 5.74) is 2.03. The number of halogens is 2. The van der Waals surface area contributed by atoms with E-state index in [1.54, 1.807) is 25.1 Å². The molecule has 0 bridgehead atoms. The molecular weight excluding hydrogens is 581 g/mol. The topological polar surface area (TPSA) is 86.8 Å². The molecule has 1 N–H and O–H groups in total. The third-order valence-corrected chi connectivity index (χ3v) is 9.88. The van der Waals surface area contributed by atoms with Crippen LogP contribution >= 0.6 is 23.2 Å². The number of sulfonamides is 1. The number of anilines is 1. The van der Waals surface area contributed by atoms with Crippen LogP contribution in [-0.2, 0) is 26.2 Å². The van der Waals surface area contributed by atoms with Crippen molar-refractivity contribution in [3.8, 4) is 0 Å². The summed E-state index contributed by atoms with van der Waals surface area (Å²) < 4.78 is 28.7. The molecule has 10 heteroatoms. The molecule has 4 rings (SSSR count). The molecule has 0 aliphatic heterocycles. The van der Waals surface area contributed by atoms with Crippen LogP contribution < -0.4 is 9.62 Å².